The van der Waals surface area contributed by atoms with Crippen LogP contribution >= 0.6 is 0 Å². The molecule has 0 aliphatic rings. The van der Waals surface area contributed by atoms with Gasteiger partial charge in [0.1, 0.15) is 17.4 Å². The van der Waals surface area contributed by atoms with Crippen LogP contribution in [-0.2, 0) is 9.53 Å². The van der Waals surface area contributed by atoms with Crippen LogP contribution in [0.25, 0.3) is 0 Å². The highest BCUT2D eigenvalue weighted by atomic mass is 16.6. The first kappa shape index (κ1) is 15.0. The van der Waals surface area contributed by atoms with Crippen molar-refractivity contribution in [3.8, 4) is 5.75 Å². The molecule has 1 N–H and O–H groups in total. The van der Waals surface area contributed by atoms with Crippen molar-refractivity contribution in [2.24, 2.45) is 0 Å². The smallest absolute Gasteiger partial charge is 0.413 e. The Bertz CT molecular complexity index is 437. The quantitative estimate of drug-likeness (QED) is 0.853. The number of hydrogen-bond donors (Lipinski definition) is 1. The fraction of sp³-hybridized carbons (Fsp3) is 0.429. The number of carbonyl (C=O) groups excluding carboxylic acids is 2. The van der Waals surface area contributed by atoms with Gasteiger partial charge in [-0.05, 0) is 39.8 Å². The standard InChI is InChI=1S/C14H19NO4/c1-10(12(16)19-14(2,3)4)15-13(17)18-11-8-6-5-7-9-11/h5-10H,1-4H3,(H,15,17)/t10-/m1/s1. The van der Waals surface area contributed by atoms with Crippen LogP contribution in [-0.4, -0.2) is 23.7 Å². The third-order valence-corrected chi connectivity index (χ3v) is 2.05. The first-order valence-corrected chi connectivity index (χ1v) is 6.04. The molecule has 1 aromatic carbocycles. The maximum atomic E-state index is 11.7. The molecule has 0 aliphatic heterocycles. The van der Waals surface area contributed by atoms with Gasteiger partial charge in [-0.1, -0.05) is 18.2 Å². The average Bonchev–Trinajstić information content (AvgIpc) is 2.27. The minimum absolute atomic E-state index is 0.413. The molecule has 0 aliphatic carbocycles. The van der Waals surface area contributed by atoms with E-state index >= 15 is 0 Å². The van der Waals surface area contributed by atoms with E-state index in [9.17, 15) is 9.59 Å². The zero-order valence-electron chi connectivity index (χ0n) is 11.6. The molecule has 0 heterocycles. The second-order valence-electron chi connectivity index (χ2n) is 5.10. The number of benzene rings is 1. The summed E-state index contributed by atoms with van der Waals surface area (Å²) < 4.78 is 10.1. The van der Waals surface area contributed by atoms with Gasteiger partial charge in [0, 0.05) is 0 Å². The molecule has 1 amide bonds. The summed E-state index contributed by atoms with van der Waals surface area (Å²) >= 11 is 0. The molecule has 0 unspecified atom stereocenters. The lowest BCUT2D eigenvalue weighted by Gasteiger charge is -2.22. The fourth-order valence-corrected chi connectivity index (χ4v) is 1.25. The van der Waals surface area contributed by atoms with Crippen molar-refractivity contribution in [3.05, 3.63) is 30.3 Å². The molecule has 0 spiro atoms. The van der Waals surface area contributed by atoms with E-state index in [4.69, 9.17) is 9.47 Å². The number of amides is 1. The summed E-state index contributed by atoms with van der Waals surface area (Å²) in [5.74, 6) is -0.0890. The van der Waals surface area contributed by atoms with Crippen molar-refractivity contribution in [1.82, 2.24) is 5.32 Å². The molecule has 1 aromatic rings. The van der Waals surface area contributed by atoms with Gasteiger partial charge < -0.3 is 14.8 Å². The summed E-state index contributed by atoms with van der Waals surface area (Å²) in [5, 5.41) is 2.42. The number of esters is 1. The zero-order valence-corrected chi connectivity index (χ0v) is 11.6. The molecular formula is C14H19NO4. The fourth-order valence-electron chi connectivity index (χ4n) is 1.25. The predicted molar refractivity (Wildman–Crippen MR) is 70.9 cm³/mol. The number of carbonyl (C=O) groups is 2. The molecule has 0 fully saturated rings. The third-order valence-electron chi connectivity index (χ3n) is 2.05. The summed E-state index contributed by atoms with van der Waals surface area (Å²) in [6, 6.07) is 7.85. The van der Waals surface area contributed by atoms with E-state index in [0.717, 1.165) is 0 Å². The van der Waals surface area contributed by atoms with Crippen LogP contribution in [0.1, 0.15) is 27.7 Å². The Morgan fingerprint density at radius 3 is 2.26 bits per heavy atom. The highest BCUT2D eigenvalue weighted by molar-refractivity contribution is 5.81. The molecule has 0 aromatic heterocycles. The molecule has 5 heteroatoms. The van der Waals surface area contributed by atoms with Crippen LogP contribution in [0.3, 0.4) is 0 Å². The van der Waals surface area contributed by atoms with E-state index in [1.54, 1.807) is 52.0 Å². The maximum absolute atomic E-state index is 11.7. The van der Waals surface area contributed by atoms with Crippen molar-refractivity contribution < 1.29 is 19.1 Å². The second-order valence-corrected chi connectivity index (χ2v) is 5.10. The largest absolute Gasteiger partial charge is 0.458 e. The number of para-hydroxylation sites is 1. The van der Waals surface area contributed by atoms with Crippen molar-refractivity contribution in [1.29, 1.82) is 0 Å². The van der Waals surface area contributed by atoms with Crippen molar-refractivity contribution in [2.75, 3.05) is 0 Å². The summed E-state index contributed by atoms with van der Waals surface area (Å²) in [5.41, 5.74) is -0.587. The van der Waals surface area contributed by atoms with E-state index < -0.39 is 23.7 Å². The Labute approximate surface area is 112 Å². The molecular weight excluding hydrogens is 246 g/mol. The van der Waals surface area contributed by atoms with Crippen LogP contribution in [0.4, 0.5) is 4.79 Å². The van der Waals surface area contributed by atoms with Gasteiger partial charge >= 0.3 is 12.1 Å². The molecule has 104 valence electrons. The van der Waals surface area contributed by atoms with Crippen LogP contribution in [0.2, 0.25) is 0 Å². The number of hydrogen-bond acceptors (Lipinski definition) is 4. The summed E-state index contributed by atoms with van der Waals surface area (Å²) in [6.07, 6.45) is -0.690. The lowest BCUT2D eigenvalue weighted by atomic mass is 10.2. The van der Waals surface area contributed by atoms with E-state index in [1.165, 1.54) is 0 Å². The summed E-state index contributed by atoms with van der Waals surface area (Å²) in [4.78, 5) is 23.2. The van der Waals surface area contributed by atoms with Crippen LogP contribution in [0.5, 0.6) is 5.75 Å². The Morgan fingerprint density at radius 1 is 1.16 bits per heavy atom. The highest BCUT2D eigenvalue weighted by Gasteiger charge is 2.23. The van der Waals surface area contributed by atoms with E-state index in [2.05, 4.69) is 5.32 Å². The predicted octanol–water partition coefficient (Wildman–Crippen LogP) is 2.51. The Kier molecular flexibility index (Phi) is 4.92. The molecule has 5 nitrogen and oxygen atoms in total. The summed E-state index contributed by atoms with van der Waals surface area (Å²) in [7, 11) is 0. The molecule has 1 atom stereocenters. The number of ether oxygens (including phenoxy) is 2. The van der Waals surface area contributed by atoms with Crippen LogP contribution in [0.15, 0.2) is 30.3 Å². The van der Waals surface area contributed by atoms with Gasteiger partial charge in [0.25, 0.3) is 0 Å². The Morgan fingerprint density at radius 2 is 1.74 bits per heavy atom. The molecule has 0 bridgehead atoms. The lowest BCUT2D eigenvalue weighted by molar-refractivity contribution is -0.156. The van der Waals surface area contributed by atoms with Crippen molar-refractivity contribution in [2.45, 2.75) is 39.3 Å². The minimum Gasteiger partial charge on any atom is -0.458 e. The second kappa shape index (κ2) is 6.22. The van der Waals surface area contributed by atoms with Crippen molar-refractivity contribution >= 4 is 12.1 Å². The average molecular weight is 265 g/mol. The lowest BCUT2D eigenvalue weighted by Crippen LogP contribution is -2.43. The third kappa shape index (κ3) is 5.90. The van der Waals surface area contributed by atoms with Crippen LogP contribution in [0, 0.1) is 0 Å². The van der Waals surface area contributed by atoms with E-state index in [1.807, 2.05) is 6.07 Å². The first-order valence-electron chi connectivity index (χ1n) is 6.04. The Hall–Kier alpha value is -2.04. The number of rotatable bonds is 3. The minimum atomic E-state index is -0.768. The number of nitrogens with one attached hydrogen (secondary N) is 1. The van der Waals surface area contributed by atoms with Crippen LogP contribution < -0.4 is 10.1 Å². The van der Waals surface area contributed by atoms with Gasteiger partial charge in [-0.25, -0.2) is 9.59 Å². The van der Waals surface area contributed by atoms with Gasteiger partial charge in [0.15, 0.2) is 0 Å². The van der Waals surface area contributed by atoms with Gasteiger partial charge in [-0.3, -0.25) is 0 Å². The molecule has 0 saturated carbocycles. The van der Waals surface area contributed by atoms with E-state index in [0.29, 0.717) is 5.75 Å². The molecule has 19 heavy (non-hydrogen) atoms. The molecule has 1 rings (SSSR count). The highest BCUT2D eigenvalue weighted by Crippen LogP contribution is 2.10. The Balaban J connectivity index is 2.46. The van der Waals surface area contributed by atoms with Gasteiger partial charge in [0.2, 0.25) is 0 Å². The topological polar surface area (TPSA) is 64.6 Å². The van der Waals surface area contributed by atoms with Crippen molar-refractivity contribution in [3.63, 3.8) is 0 Å². The molecule has 0 saturated heterocycles. The van der Waals surface area contributed by atoms with Gasteiger partial charge in [-0.2, -0.15) is 0 Å². The monoisotopic (exact) mass is 265 g/mol. The van der Waals surface area contributed by atoms with E-state index in [-0.39, 0.29) is 0 Å². The SMILES string of the molecule is C[C@@H](NC(=O)Oc1ccccc1)C(=O)OC(C)(C)C. The normalized spacial score (nSPS) is 12.4. The zero-order chi connectivity index (χ0) is 14.5. The van der Waals surface area contributed by atoms with Gasteiger partial charge in [-0.15, -0.1) is 0 Å². The first-order chi connectivity index (χ1) is 8.78. The summed E-state index contributed by atoms with van der Waals surface area (Å²) in [6.45, 7) is 6.83. The molecule has 0 radical (unpaired) electrons. The maximum Gasteiger partial charge on any atom is 0.413 e. The van der Waals surface area contributed by atoms with Gasteiger partial charge in [0.05, 0.1) is 0 Å².